The highest BCUT2D eigenvalue weighted by Gasteiger charge is 2.57. The first-order valence-corrected chi connectivity index (χ1v) is 8.43. The summed E-state index contributed by atoms with van der Waals surface area (Å²) in [6.45, 7) is 0. The van der Waals surface area contributed by atoms with Crippen molar-refractivity contribution in [3.05, 3.63) is 0 Å². The van der Waals surface area contributed by atoms with E-state index in [1.54, 1.807) is 0 Å². The zero-order valence-corrected chi connectivity index (χ0v) is 13.1. The average Bonchev–Trinajstić information content (AvgIpc) is 2.71. The molecular formula is C15H22ClF3N2O. The van der Waals surface area contributed by atoms with Crippen molar-refractivity contribution in [1.29, 1.82) is 0 Å². The highest BCUT2D eigenvalue weighted by molar-refractivity contribution is 6.20. The first kappa shape index (κ1) is 16.4. The van der Waals surface area contributed by atoms with Gasteiger partial charge in [-0.05, 0) is 44.4 Å². The van der Waals surface area contributed by atoms with E-state index >= 15 is 0 Å². The molecule has 126 valence electrons. The standard InChI is InChI=1S/C15H22ClF3N2O/c16-10-4-5-12-11(7-10)14(22,13(20)21-12)8-2-1-3-9(6-8)15(17,18)19/h8-12,22H,1-7H2,(H2,20,21). The molecule has 3 aliphatic rings. The van der Waals surface area contributed by atoms with Gasteiger partial charge in [0.2, 0.25) is 0 Å². The molecule has 0 spiro atoms. The van der Waals surface area contributed by atoms with Crippen LogP contribution in [0.1, 0.15) is 44.9 Å². The van der Waals surface area contributed by atoms with E-state index in [0.29, 0.717) is 19.3 Å². The zero-order valence-electron chi connectivity index (χ0n) is 12.3. The lowest BCUT2D eigenvalue weighted by Gasteiger charge is -2.44. The molecule has 7 heteroatoms. The van der Waals surface area contributed by atoms with Crippen LogP contribution in [0.15, 0.2) is 4.99 Å². The maximum Gasteiger partial charge on any atom is 0.391 e. The molecule has 1 aliphatic heterocycles. The van der Waals surface area contributed by atoms with Gasteiger partial charge in [-0.2, -0.15) is 13.2 Å². The fourth-order valence-electron chi connectivity index (χ4n) is 4.60. The lowest BCUT2D eigenvalue weighted by atomic mass is 9.64. The Morgan fingerprint density at radius 3 is 2.59 bits per heavy atom. The number of rotatable bonds is 1. The lowest BCUT2D eigenvalue weighted by Crippen LogP contribution is -2.56. The van der Waals surface area contributed by atoms with Gasteiger partial charge < -0.3 is 10.8 Å². The Morgan fingerprint density at radius 2 is 1.91 bits per heavy atom. The molecule has 6 unspecified atom stereocenters. The maximum absolute atomic E-state index is 13.1. The lowest BCUT2D eigenvalue weighted by molar-refractivity contribution is -0.192. The highest BCUT2D eigenvalue weighted by Crippen LogP contribution is 2.51. The maximum atomic E-state index is 13.1. The molecule has 0 amide bonds. The predicted octanol–water partition coefficient (Wildman–Crippen LogP) is 3.23. The van der Waals surface area contributed by atoms with E-state index in [2.05, 4.69) is 4.99 Å². The number of aliphatic hydroxyl groups is 1. The van der Waals surface area contributed by atoms with E-state index in [1.165, 1.54) is 0 Å². The quantitative estimate of drug-likeness (QED) is 0.721. The number of aliphatic imine (C=N–C) groups is 1. The third-order valence-corrected chi connectivity index (χ3v) is 6.19. The van der Waals surface area contributed by atoms with E-state index in [4.69, 9.17) is 17.3 Å². The van der Waals surface area contributed by atoms with E-state index in [1.807, 2.05) is 0 Å². The van der Waals surface area contributed by atoms with Gasteiger partial charge >= 0.3 is 6.18 Å². The van der Waals surface area contributed by atoms with Crippen LogP contribution in [0.3, 0.4) is 0 Å². The van der Waals surface area contributed by atoms with Gasteiger partial charge in [0.1, 0.15) is 11.4 Å². The van der Waals surface area contributed by atoms with Crippen molar-refractivity contribution < 1.29 is 18.3 Å². The number of fused-ring (bicyclic) bond motifs is 1. The van der Waals surface area contributed by atoms with Crippen LogP contribution in [0.25, 0.3) is 0 Å². The molecule has 3 nitrogen and oxygen atoms in total. The monoisotopic (exact) mass is 338 g/mol. The molecule has 0 radical (unpaired) electrons. The minimum Gasteiger partial charge on any atom is -0.385 e. The minimum atomic E-state index is -4.21. The molecule has 0 aromatic heterocycles. The van der Waals surface area contributed by atoms with Crippen LogP contribution >= 0.6 is 11.6 Å². The molecule has 0 aromatic carbocycles. The third-order valence-electron chi connectivity index (χ3n) is 5.79. The summed E-state index contributed by atoms with van der Waals surface area (Å²) in [7, 11) is 0. The Morgan fingerprint density at radius 1 is 1.18 bits per heavy atom. The van der Waals surface area contributed by atoms with Crippen LogP contribution in [0.2, 0.25) is 0 Å². The fraction of sp³-hybridized carbons (Fsp3) is 0.933. The van der Waals surface area contributed by atoms with Gasteiger partial charge in [0.05, 0.1) is 12.0 Å². The van der Waals surface area contributed by atoms with Crippen LogP contribution in [-0.4, -0.2) is 34.1 Å². The summed E-state index contributed by atoms with van der Waals surface area (Å²) in [5.74, 6) is -1.94. The van der Waals surface area contributed by atoms with Crippen molar-refractivity contribution >= 4 is 17.4 Å². The number of hydrogen-bond acceptors (Lipinski definition) is 3. The molecule has 2 aliphatic carbocycles. The average molecular weight is 339 g/mol. The topological polar surface area (TPSA) is 58.6 Å². The van der Waals surface area contributed by atoms with Crippen LogP contribution in [0, 0.1) is 17.8 Å². The van der Waals surface area contributed by atoms with Gasteiger partial charge in [-0.25, -0.2) is 0 Å². The van der Waals surface area contributed by atoms with Crippen molar-refractivity contribution in [3.8, 4) is 0 Å². The van der Waals surface area contributed by atoms with Crippen molar-refractivity contribution in [1.82, 2.24) is 0 Å². The Labute approximate surface area is 133 Å². The van der Waals surface area contributed by atoms with E-state index < -0.39 is 23.6 Å². The number of nitrogens with two attached hydrogens (primary N) is 1. The summed E-state index contributed by atoms with van der Waals surface area (Å²) < 4.78 is 39.2. The molecule has 2 fully saturated rings. The SMILES string of the molecule is NC1=NC2CCC(Cl)CC2C1(O)C1CCCC(C(F)(F)F)C1. The Hall–Kier alpha value is -0.490. The molecule has 3 rings (SSSR count). The molecule has 3 N–H and O–H groups in total. The molecule has 0 saturated heterocycles. The second-order valence-electron chi connectivity index (χ2n) is 7.03. The molecule has 2 saturated carbocycles. The molecule has 0 aromatic rings. The van der Waals surface area contributed by atoms with Crippen LogP contribution in [0.4, 0.5) is 13.2 Å². The van der Waals surface area contributed by atoms with Gasteiger partial charge in [0.15, 0.2) is 0 Å². The number of hydrogen-bond donors (Lipinski definition) is 2. The largest absolute Gasteiger partial charge is 0.391 e. The normalized spacial score (nSPS) is 46.2. The molecular weight excluding hydrogens is 317 g/mol. The number of nitrogens with zero attached hydrogens (tertiary/aromatic N) is 1. The number of alkyl halides is 4. The van der Waals surface area contributed by atoms with Crippen molar-refractivity contribution in [3.63, 3.8) is 0 Å². The van der Waals surface area contributed by atoms with Gasteiger partial charge in [0, 0.05) is 11.3 Å². The Balaban J connectivity index is 1.83. The van der Waals surface area contributed by atoms with E-state index in [0.717, 1.165) is 12.8 Å². The second kappa shape index (κ2) is 5.55. The first-order valence-electron chi connectivity index (χ1n) is 7.99. The number of amidine groups is 1. The summed E-state index contributed by atoms with van der Waals surface area (Å²) in [4.78, 5) is 4.37. The summed E-state index contributed by atoms with van der Waals surface area (Å²) in [5, 5.41) is 11.1. The summed E-state index contributed by atoms with van der Waals surface area (Å²) in [6.07, 6.45) is -0.976. The predicted molar refractivity (Wildman–Crippen MR) is 78.8 cm³/mol. The van der Waals surface area contributed by atoms with Gasteiger partial charge in [-0.3, -0.25) is 4.99 Å². The molecule has 0 bridgehead atoms. The summed E-state index contributed by atoms with van der Waals surface area (Å²) >= 11 is 6.22. The van der Waals surface area contributed by atoms with Crippen LogP contribution in [-0.2, 0) is 0 Å². The summed E-state index contributed by atoms with van der Waals surface area (Å²) in [6, 6.07) is -0.0914. The second-order valence-corrected chi connectivity index (χ2v) is 7.64. The smallest absolute Gasteiger partial charge is 0.385 e. The van der Waals surface area contributed by atoms with Gasteiger partial charge in [0.25, 0.3) is 0 Å². The van der Waals surface area contributed by atoms with Gasteiger partial charge in [-0.1, -0.05) is 6.42 Å². The molecule has 6 atom stereocenters. The van der Waals surface area contributed by atoms with Crippen molar-refractivity contribution in [2.45, 2.75) is 68.1 Å². The fourth-order valence-corrected chi connectivity index (χ4v) is 4.92. The Kier molecular flexibility index (Phi) is 4.13. The van der Waals surface area contributed by atoms with E-state index in [9.17, 15) is 18.3 Å². The zero-order chi connectivity index (χ0) is 16.1. The third kappa shape index (κ3) is 2.62. The Bertz CT molecular complexity index is 470. The van der Waals surface area contributed by atoms with Crippen LogP contribution in [0.5, 0.6) is 0 Å². The molecule has 1 heterocycles. The number of halogens is 4. The molecule has 22 heavy (non-hydrogen) atoms. The van der Waals surface area contributed by atoms with Crippen molar-refractivity contribution in [2.24, 2.45) is 28.5 Å². The summed E-state index contributed by atoms with van der Waals surface area (Å²) in [5.41, 5.74) is 4.56. The van der Waals surface area contributed by atoms with Gasteiger partial charge in [-0.15, -0.1) is 11.6 Å². The van der Waals surface area contributed by atoms with Crippen LogP contribution < -0.4 is 5.73 Å². The minimum absolute atomic E-state index is 0.0594. The van der Waals surface area contributed by atoms with E-state index in [-0.39, 0.29) is 36.0 Å². The van der Waals surface area contributed by atoms with Crippen molar-refractivity contribution in [2.75, 3.05) is 0 Å². The first-order chi connectivity index (χ1) is 10.2. The highest BCUT2D eigenvalue weighted by atomic mass is 35.5.